The molecule has 0 N–H and O–H groups in total. The van der Waals surface area contributed by atoms with E-state index < -0.39 is 0 Å². The lowest BCUT2D eigenvalue weighted by molar-refractivity contribution is 0.668. The van der Waals surface area contributed by atoms with Gasteiger partial charge in [0.15, 0.2) is 5.58 Å². The van der Waals surface area contributed by atoms with Crippen LogP contribution in [0.15, 0.2) is 189 Å². The maximum Gasteiger partial charge on any atom is 0.159 e. The van der Waals surface area contributed by atoms with Crippen LogP contribution < -0.4 is 4.90 Å². The summed E-state index contributed by atoms with van der Waals surface area (Å²) in [7, 11) is 0. The van der Waals surface area contributed by atoms with Crippen molar-refractivity contribution in [2.75, 3.05) is 4.90 Å². The smallest absolute Gasteiger partial charge is 0.159 e. The number of rotatable bonds is 5. The molecule has 0 aliphatic carbocycles. The molecule has 0 radical (unpaired) electrons. The molecule has 4 nitrogen and oxygen atoms in total. The maximum atomic E-state index is 6.92. The molecule has 11 aromatic rings. The first-order valence-corrected chi connectivity index (χ1v) is 17.5. The molecule has 0 amide bonds. The van der Waals surface area contributed by atoms with Gasteiger partial charge >= 0.3 is 0 Å². The summed E-state index contributed by atoms with van der Waals surface area (Å²) < 4.78 is 19.7. The third-order valence-corrected chi connectivity index (χ3v) is 10.3. The van der Waals surface area contributed by atoms with E-state index in [1.54, 1.807) is 0 Å². The number of hydrogen-bond acceptors (Lipinski definition) is 4. The Hall–Kier alpha value is -7.04. The first-order valence-electron chi connectivity index (χ1n) is 17.5. The van der Waals surface area contributed by atoms with Crippen LogP contribution in [0.2, 0.25) is 0 Å². The van der Waals surface area contributed by atoms with Crippen molar-refractivity contribution in [3.63, 3.8) is 0 Å². The first-order chi connectivity index (χ1) is 25.8. The van der Waals surface area contributed by atoms with Gasteiger partial charge in [0.25, 0.3) is 0 Å². The number of anilines is 3. The van der Waals surface area contributed by atoms with Gasteiger partial charge in [0.05, 0.1) is 11.4 Å². The fraction of sp³-hybridized carbons (Fsp3) is 0. The number of fused-ring (bicyclic) bond motifs is 9. The fourth-order valence-corrected chi connectivity index (χ4v) is 7.87. The highest BCUT2D eigenvalue weighted by Gasteiger charge is 2.22. The molecule has 0 atom stereocenters. The Morgan fingerprint density at radius 1 is 0.308 bits per heavy atom. The molecule has 0 aliphatic heterocycles. The van der Waals surface area contributed by atoms with Crippen molar-refractivity contribution in [2.45, 2.75) is 0 Å². The predicted molar refractivity (Wildman–Crippen MR) is 214 cm³/mol. The average Bonchev–Trinajstić information content (AvgIpc) is 3.90. The minimum Gasteiger partial charge on any atom is -0.456 e. The summed E-state index contributed by atoms with van der Waals surface area (Å²) >= 11 is 0. The van der Waals surface area contributed by atoms with Crippen molar-refractivity contribution in [1.29, 1.82) is 0 Å². The molecule has 4 heteroatoms. The molecule has 0 bridgehead atoms. The minimum atomic E-state index is 0.821. The zero-order valence-corrected chi connectivity index (χ0v) is 27.9. The summed E-state index contributed by atoms with van der Waals surface area (Å²) in [6, 6.07) is 61.2. The van der Waals surface area contributed by atoms with Gasteiger partial charge in [-0.25, -0.2) is 0 Å². The van der Waals surface area contributed by atoms with E-state index in [1.807, 2.05) is 30.3 Å². The predicted octanol–water partition coefficient (Wildman–Crippen LogP) is 14.2. The molecule has 0 saturated heterocycles. The molecule has 3 heterocycles. The molecule has 0 unspecified atom stereocenters. The molecule has 0 saturated carbocycles. The van der Waals surface area contributed by atoms with Gasteiger partial charge in [-0.15, -0.1) is 0 Å². The number of para-hydroxylation sites is 5. The molecule has 8 aromatic carbocycles. The monoisotopic (exact) mass is 667 g/mol. The highest BCUT2D eigenvalue weighted by Crippen LogP contribution is 2.46. The largest absolute Gasteiger partial charge is 0.456 e. The average molecular weight is 668 g/mol. The number of furan rings is 3. The number of benzene rings is 8. The van der Waals surface area contributed by atoms with Crippen molar-refractivity contribution in [3.05, 3.63) is 176 Å². The van der Waals surface area contributed by atoms with Crippen LogP contribution in [0.4, 0.5) is 17.1 Å². The molecule has 244 valence electrons. The van der Waals surface area contributed by atoms with Crippen LogP contribution in [0.5, 0.6) is 0 Å². The lowest BCUT2D eigenvalue weighted by atomic mass is 10.0. The van der Waals surface area contributed by atoms with E-state index in [4.69, 9.17) is 13.3 Å². The number of nitrogens with zero attached hydrogens (tertiary/aromatic N) is 1. The van der Waals surface area contributed by atoms with Gasteiger partial charge in [0.1, 0.15) is 27.9 Å². The van der Waals surface area contributed by atoms with Gasteiger partial charge in [0.2, 0.25) is 0 Å². The molecule has 52 heavy (non-hydrogen) atoms. The van der Waals surface area contributed by atoms with Crippen LogP contribution in [0.1, 0.15) is 0 Å². The van der Waals surface area contributed by atoms with Gasteiger partial charge in [-0.1, -0.05) is 127 Å². The van der Waals surface area contributed by atoms with Gasteiger partial charge in [-0.05, 0) is 53.6 Å². The van der Waals surface area contributed by atoms with Crippen molar-refractivity contribution >= 4 is 82.9 Å². The molecule has 0 aliphatic rings. The Bertz CT molecular complexity index is 3130. The Labute approximate surface area is 298 Å². The van der Waals surface area contributed by atoms with Crippen molar-refractivity contribution in [2.24, 2.45) is 0 Å². The van der Waals surface area contributed by atoms with E-state index in [9.17, 15) is 0 Å². The minimum absolute atomic E-state index is 0.821. The summed E-state index contributed by atoms with van der Waals surface area (Å²) in [6.45, 7) is 0. The summed E-state index contributed by atoms with van der Waals surface area (Å²) in [5.41, 5.74) is 12.4. The Morgan fingerprint density at radius 2 is 0.827 bits per heavy atom. The highest BCUT2D eigenvalue weighted by molar-refractivity contribution is 6.14. The maximum absolute atomic E-state index is 6.92. The summed E-state index contributed by atoms with van der Waals surface area (Å²) in [5, 5.41) is 6.57. The standard InChI is InChI=1S/C48H29NO3/c1-2-11-30(12-3-1)34-15-9-18-40-41-19-10-20-42(48(41)52-47(34)40)49(33-27-28-38-36-13-4-6-21-43(36)50-45(38)29-33)32-25-23-31(24-26-32)35-16-8-17-39-37-14-5-7-22-44(37)51-46(35)39/h1-29H. The molecule has 0 spiro atoms. The first kappa shape index (κ1) is 28.8. The Kier molecular flexibility index (Phi) is 6.22. The molecule has 3 aromatic heterocycles. The molecule has 0 fully saturated rings. The van der Waals surface area contributed by atoms with Gasteiger partial charge in [0, 0.05) is 55.2 Å². The van der Waals surface area contributed by atoms with Crippen LogP contribution in [0.25, 0.3) is 88.1 Å². The lowest BCUT2D eigenvalue weighted by Crippen LogP contribution is -2.10. The van der Waals surface area contributed by atoms with E-state index in [0.29, 0.717) is 0 Å². The summed E-state index contributed by atoms with van der Waals surface area (Å²) in [4.78, 5) is 2.27. The Morgan fingerprint density at radius 3 is 1.58 bits per heavy atom. The van der Waals surface area contributed by atoms with Crippen LogP contribution in [0.3, 0.4) is 0 Å². The van der Waals surface area contributed by atoms with Crippen LogP contribution in [-0.4, -0.2) is 0 Å². The summed E-state index contributed by atoms with van der Waals surface area (Å²) in [6.07, 6.45) is 0. The second-order valence-electron chi connectivity index (χ2n) is 13.2. The van der Waals surface area contributed by atoms with Gasteiger partial charge in [-0.2, -0.15) is 0 Å². The van der Waals surface area contributed by atoms with Gasteiger partial charge in [-0.3, -0.25) is 0 Å². The van der Waals surface area contributed by atoms with Crippen LogP contribution in [0, 0.1) is 0 Å². The highest BCUT2D eigenvalue weighted by atomic mass is 16.3. The second-order valence-corrected chi connectivity index (χ2v) is 13.2. The van der Waals surface area contributed by atoms with Crippen LogP contribution >= 0.6 is 0 Å². The third-order valence-electron chi connectivity index (χ3n) is 10.3. The summed E-state index contributed by atoms with van der Waals surface area (Å²) in [5.74, 6) is 0. The molecular weight excluding hydrogens is 639 g/mol. The van der Waals surface area contributed by atoms with E-state index in [1.165, 1.54) is 0 Å². The SMILES string of the molecule is c1ccc(-c2cccc3c2oc2c(N(c4ccc(-c5cccc6c5oc5ccccc56)cc4)c4ccc5c(c4)oc4ccccc45)cccc23)cc1. The van der Waals surface area contributed by atoms with Crippen molar-refractivity contribution in [1.82, 2.24) is 0 Å². The quantitative estimate of drug-likeness (QED) is 0.183. The van der Waals surface area contributed by atoms with E-state index in [2.05, 4.69) is 150 Å². The Balaban J connectivity index is 1.12. The van der Waals surface area contributed by atoms with Crippen LogP contribution in [-0.2, 0) is 0 Å². The van der Waals surface area contributed by atoms with Crippen molar-refractivity contribution < 1.29 is 13.3 Å². The zero-order chi connectivity index (χ0) is 34.2. The topological polar surface area (TPSA) is 42.7 Å². The normalized spacial score (nSPS) is 11.8. The second kappa shape index (κ2) is 11.2. The van der Waals surface area contributed by atoms with E-state index >= 15 is 0 Å². The van der Waals surface area contributed by atoms with E-state index in [0.717, 1.165) is 105 Å². The van der Waals surface area contributed by atoms with Gasteiger partial charge < -0.3 is 18.2 Å². The van der Waals surface area contributed by atoms with E-state index in [-0.39, 0.29) is 0 Å². The fourth-order valence-electron chi connectivity index (χ4n) is 7.87. The van der Waals surface area contributed by atoms with Crippen molar-refractivity contribution in [3.8, 4) is 22.3 Å². The molecule has 11 rings (SSSR count). The third kappa shape index (κ3) is 4.34. The zero-order valence-electron chi connectivity index (χ0n) is 27.9. The molecular formula is C48H29NO3. The lowest BCUT2D eigenvalue weighted by Gasteiger charge is -2.25. The number of hydrogen-bond donors (Lipinski definition) is 0.